The summed E-state index contributed by atoms with van der Waals surface area (Å²) in [5.74, 6) is -0.844. The maximum atomic E-state index is 13.3. The predicted octanol–water partition coefficient (Wildman–Crippen LogP) is 3.62. The molecule has 0 amide bonds. The number of halogens is 3. The van der Waals surface area contributed by atoms with E-state index < -0.39 is 11.6 Å². The Morgan fingerprint density at radius 2 is 1.67 bits per heavy atom. The number of rotatable bonds is 1. The zero-order valence-electron chi connectivity index (χ0n) is 8.10. The third kappa shape index (κ3) is 2.37. The van der Waals surface area contributed by atoms with Gasteiger partial charge in [-0.05, 0) is 52.4 Å². The molecule has 1 heterocycles. The van der Waals surface area contributed by atoms with Crippen molar-refractivity contribution in [1.82, 2.24) is 0 Å². The van der Waals surface area contributed by atoms with Gasteiger partial charge in [0, 0.05) is 13.2 Å². The van der Waals surface area contributed by atoms with Gasteiger partial charge >= 0.3 is 0 Å². The number of hydrogen-bond acceptors (Lipinski definition) is 1. The Bertz CT molecular complexity index is 339. The van der Waals surface area contributed by atoms with Gasteiger partial charge in [-0.25, -0.2) is 8.78 Å². The summed E-state index contributed by atoms with van der Waals surface area (Å²) < 4.78 is 31.7. The van der Waals surface area contributed by atoms with Crippen LogP contribution in [0.25, 0.3) is 0 Å². The topological polar surface area (TPSA) is 9.23 Å². The molecule has 2 rings (SSSR count). The Labute approximate surface area is 95.6 Å². The average Bonchev–Trinajstić information content (AvgIpc) is 2.26. The van der Waals surface area contributed by atoms with Crippen LogP contribution in [0.2, 0.25) is 0 Å². The minimum atomic E-state index is -0.531. The second-order valence-corrected chi connectivity index (χ2v) is 4.48. The molecule has 0 bridgehead atoms. The molecule has 1 aromatic rings. The normalized spacial score (nSPS) is 18.1. The molecule has 1 saturated heterocycles. The maximum Gasteiger partial charge on any atom is 0.140 e. The van der Waals surface area contributed by atoms with E-state index in [1.54, 1.807) is 0 Å². The van der Waals surface area contributed by atoms with Crippen LogP contribution in [0.3, 0.4) is 0 Å². The second-order valence-electron chi connectivity index (χ2n) is 3.69. The number of benzene rings is 1. The molecule has 1 aliphatic heterocycles. The van der Waals surface area contributed by atoms with E-state index in [2.05, 4.69) is 15.9 Å². The molecule has 0 saturated carbocycles. The van der Waals surface area contributed by atoms with E-state index in [0.29, 0.717) is 13.2 Å². The van der Waals surface area contributed by atoms with Crippen LogP contribution in [0, 0.1) is 11.6 Å². The highest BCUT2D eigenvalue weighted by Gasteiger charge is 2.18. The van der Waals surface area contributed by atoms with Gasteiger partial charge in [0.15, 0.2) is 0 Å². The molecule has 82 valence electrons. The first-order chi connectivity index (χ1) is 7.18. The highest BCUT2D eigenvalue weighted by atomic mass is 79.9. The quantitative estimate of drug-likeness (QED) is 0.712. The van der Waals surface area contributed by atoms with Gasteiger partial charge in [0.1, 0.15) is 11.6 Å². The van der Waals surface area contributed by atoms with Crippen LogP contribution in [0.1, 0.15) is 24.3 Å². The smallest absolute Gasteiger partial charge is 0.140 e. The number of ether oxygens (including phenoxy) is 1. The third-order valence-corrected chi connectivity index (χ3v) is 3.46. The van der Waals surface area contributed by atoms with Crippen LogP contribution >= 0.6 is 15.9 Å². The molecule has 4 heteroatoms. The fourth-order valence-electron chi connectivity index (χ4n) is 1.84. The van der Waals surface area contributed by atoms with E-state index in [9.17, 15) is 8.78 Å². The standard InChI is InChI=1S/C11H11BrF2O/c12-11-9(13)5-8(6-10(11)14)7-1-3-15-4-2-7/h5-7H,1-4H2. The lowest BCUT2D eigenvalue weighted by atomic mass is 9.92. The van der Waals surface area contributed by atoms with Crippen LogP contribution in [-0.4, -0.2) is 13.2 Å². The number of hydrogen-bond donors (Lipinski definition) is 0. The van der Waals surface area contributed by atoms with Gasteiger partial charge in [-0.15, -0.1) is 0 Å². The summed E-state index contributed by atoms with van der Waals surface area (Å²) in [6.07, 6.45) is 1.67. The first-order valence-electron chi connectivity index (χ1n) is 4.90. The van der Waals surface area contributed by atoms with E-state index in [1.165, 1.54) is 12.1 Å². The molecule has 1 aliphatic rings. The molecule has 0 atom stereocenters. The van der Waals surface area contributed by atoms with E-state index in [-0.39, 0.29) is 10.4 Å². The molecule has 0 N–H and O–H groups in total. The molecule has 0 radical (unpaired) electrons. The van der Waals surface area contributed by atoms with Crippen molar-refractivity contribution in [2.24, 2.45) is 0 Å². The minimum Gasteiger partial charge on any atom is -0.381 e. The van der Waals surface area contributed by atoms with Gasteiger partial charge in [-0.1, -0.05) is 0 Å². The Kier molecular flexibility index (Phi) is 3.36. The zero-order valence-corrected chi connectivity index (χ0v) is 9.69. The summed E-state index contributed by atoms with van der Waals surface area (Å²) in [7, 11) is 0. The molecule has 0 aliphatic carbocycles. The van der Waals surface area contributed by atoms with Crippen molar-refractivity contribution in [3.05, 3.63) is 33.8 Å². The fraction of sp³-hybridized carbons (Fsp3) is 0.455. The first-order valence-corrected chi connectivity index (χ1v) is 5.70. The van der Waals surface area contributed by atoms with Crippen LogP contribution < -0.4 is 0 Å². The minimum absolute atomic E-state index is 0.0849. The van der Waals surface area contributed by atoms with Crippen LogP contribution in [0.15, 0.2) is 16.6 Å². The van der Waals surface area contributed by atoms with Crippen molar-refractivity contribution >= 4 is 15.9 Å². The summed E-state index contributed by atoms with van der Waals surface area (Å²) in [6, 6.07) is 2.81. The van der Waals surface area contributed by atoms with Crippen molar-refractivity contribution in [2.45, 2.75) is 18.8 Å². The highest BCUT2D eigenvalue weighted by Crippen LogP contribution is 2.30. The molecule has 1 fully saturated rings. The molecular weight excluding hydrogens is 266 g/mol. The zero-order chi connectivity index (χ0) is 10.8. The monoisotopic (exact) mass is 276 g/mol. The van der Waals surface area contributed by atoms with Gasteiger partial charge in [0.2, 0.25) is 0 Å². The van der Waals surface area contributed by atoms with Crippen molar-refractivity contribution < 1.29 is 13.5 Å². The SMILES string of the molecule is Fc1cc(C2CCOCC2)cc(F)c1Br. The first kappa shape index (κ1) is 11.0. The summed E-state index contributed by atoms with van der Waals surface area (Å²) >= 11 is 2.86. The summed E-state index contributed by atoms with van der Waals surface area (Å²) in [4.78, 5) is 0. The Morgan fingerprint density at radius 3 is 2.20 bits per heavy atom. The summed E-state index contributed by atoms with van der Waals surface area (Å²) in [5, 5.41) is 0. The van der Waals surface area contributed by atoms with E-state index in [1.807, 2.05) is 0 Å². The average molecular weight is 277 g/mol. The lowest BCUT2D eigenvalue weighted by Gasteiger charge is -2.22. The lowest BCUT2D eigenvalue weighted by Crippen LogP contribution is -2.14. The summed E-state index contributed by atoms with van der Waals surface area (Å²) in [6.45, 7) is 1.34. The molecule has 0 unspecified atom stereocenters. The molecule has 0 spiro atoms. The molecule has 1 aromatic carbocycles. The molecule has 1 nitrogen and oxygen atoms in total. The van der Waals surface area contributed by atoms with Crippen LogP contribution in [-0.2, 0) is 4.74 Å². The fourth-order valence-corrected chi connectivity index (χ4v) is 2.07. The van der Waals surface area contributed by atoms with Crippen molar-refractivity contribution in [1.29, 1.82) is 0 Å². The predicted molar refractivity (Wildman–Crippen MR) is 56.9 cm³/mol. The van der Waals surface area contributed by atoms with E-state index in [0.717, 1.165) is 18.4 Å². The highest BCUT2D eigenvalue weighted by molar-refractivity contribution is 9.10. The Morgan fingerprint density at radius 1 is 1.13 bits per heavy atom. The van der Waals surface area contributed by atoms with Gasteiger partial charge in [0.05, 0.1) is 4.47 Å². The van der Waals surface area contributed by atoms with Crippen molar-refractivity contribution in [3.8, 4) is 0 Å². The van der Waals surface area contributed by atoms with Gasteiger partial charge in [0.25, 0.3) is 0 Å². The molecular formula is C11H11BrF2O. The van der Waals surface area contributed by atoms with Crippen LogP contribution in [0.4, 0.5) is 8.78 Å². The van der Waals surface area contributed by atoms with Crippen molar-refractivity contribution in [2.75, 3.05) is 13.2 Å². The molecule has 15 heavy (non-hydrogen) atoms. The largest absolute Gasteiger partial charge is 0.381 e. The summed E-state index contributed by atoms with van der Waals surface area (Å²) in [5.41, 5.74) is 0.733. The maximum absolute atomic E-state index is 13.3. The Hall–Kier alpha value is -0.480. The van der Waals surface area contributed by atoms with Crippen molar-refractivity contribution in [3.63, 3.8) is 0 Å². The Balaban J connectivity index is 2.27. The lowest BCUT2D eigenvalue weighted by molar-refractivity contribution is 0.0852. The van der Waals surface area contributed by atoms with E-state index in [4.69, 9.17) is 4.74 Å². The van der Waals surface area contributed by atoms with Gasteiger partial charge in [-0.2, -0.15) is 0 Å². The van der Waals surface area contributed by atoms with E-state index >= 15 is 0 Å². The van der Waals surface area contributed by atoms with Gasteiger partial charge in [-0.3, -0.25) is 0 Å². The van der Waals surface area contributed by atoms with Crippen LogP contribution in [0.5, 0.6) is 0 Å². The third-order valence-electron chi connectivity index (χ3n) is 2.70. The second kappa shape index (κ2) is 4.58. The van der Waals surface area contributed by atoms with Gasteiger partial charge < -0.3 is 4.74 Å². The molecule has 0 aromatic heterocycles.